The third-order valence-corrected chi connectivity index (χ3v) is 7.11. The minimum Gasteiger partial charge on any atom is -0.458 e. The van der Waals surface area contributed by atoms with Crippen LogP contribution in [-0.2, 0) is 34.7 Å². The number of para-hydroxylation sites is 1. The van der Waals surface area contributed by atoms with Gasteiger partial charge < -0.3 is 19.5 Å². The fourth-order valence-corrected chi connectivity index (χ4v) is 5.16. The molecule has 0 amide bonds. The van der Waals surface area contributed by atoms with Crippen molar-refractivity contribution in [3.63, 3.8) is 0 Å². The smallest absolute Gasteiger partial charge is 0.342 e. The van der Waals surface area contributed by atoms with Crippen LogP contribution in [0.2, 0.25) is 0 Å². The first-order chi connectivity index (χ1) is 16.2. The van der Waals surface area contributed by atoms with E-state index in [0.29, 0.717) is 41.6 Å². The zero-order chi connectivity index (χ0) is 24.2. The Bertz CT molecular complexity index is 1360. The molecule has 1 aromatic carbocycles. The van der Waals surface area contributed by atoms with E-state index in [4.69, 9.17) is 9.72 Å². The molecule has 0 fully saturated rings. The van der Waals surface area contributed by atoms with Gasteiger partial charge in [-0.3, -0.25) is 9.69 Å². The average Bonchev–Trinajstić information content (AvgIpc) is 3.17. The van der Waals surface area contributed by atoms with Crippen molar-refractivity contribution in [2.45, 2.75) is 52.0 Å². The molecule has 2 aliphatic heterocycles. The zero-order valence-corrected chi connectivity index (χ0v) is 19.7. The number of carbonyl (C=O) groups is 1. The standard InChI is InChI=1S/C26H29N3O5/c1-15(2)28(10-11-30)9-8-16-17-6-4-5-7-21(17)27-23-18(16)13-29-22(23)12-20-19(24(29)31)14-34-25(32)26(20,3)33/h4-7,12,15,30,33H,8-11,13-14H2,1-3H3/t26-/m0/s1. The van der Waals surface area contributed by atoms with Crippen LogP contribution in [0.1, 0.15) is 43.0 Å². The van der Waals surface area contributed by atoms with Gasteiger partial charge >= 0.3 is 5.97 Å². The maximum absolute atomic E-state index is 13.4. The van der Waals surface area contributed by atoms with Crippen molar-refractivity contribution in [3.05, 3.63) is 62.9 Å². The monoisotopic (exact) mass is 463 g/mol. The fourth-order valence-electron chi connectivity index (χ4n) is 5.16. The lowest BCUT2D eigenvalue weighted by Gasteiger charge is -2.29. The molecule has 1 atom stereocenters. The number of benzene rings is 1. The number of cyclic esters (lactones) is 1. The van der Waals surface area contributed by atoms with Crippen molar-refractivity contribution < 1.29 is 19.7 Å². The second-order valence-corrected chi connectivity index (χ2v) is 9.50. The predicted molar refractivity (Wildman–Crippen MR) is 127 cm³/mol. The second-order valence-electron chi connectivity index (χ2n) is 9.50. The summed E-state index contributed by atoms with van der Waals surface area (Å²) < 4.78 is 6.76. The number of aliphatic hydroxyl groups is 2. The molecule has 0 aliphatic carbocycles. The van der Waals surface area contributed by atoms with Gasteiger partial charge in [-0.2, -0.15) is 0 Å². The third kappa shape index (κ3) is 3.45. The summed E-state index contributed by atoms with van der Waals surface area (Å²) in [7, 11) is 0. The van der Waals surface area contributed by atoms with Crippen LogP contribution in [0.4, 0.5) is 0 Å². The minimum atomic E-state index is -1.88. The summed E-state index contributed by atoms with van der Waals surface area (Å²) in [6, 6.07) is 9.95. The number of rotatable bonds is 6. The highest BCUT2D eigenvalue weighted by molar-refractivity contribution is 5.89. The summed E-state index contributed by atoms with van der Waals surface area (Å²) >= 11 is 0. The lowest BCUT2D eigenvalue weighted by Crippen LogP contribution is -2.42. The number of pyridine rings is 2. The average molecular weight is 464 g/mol. The summed E-state index contributed by atoms with van der Waals surface area (Å²) in [5, 5.41) is 21.3. The van der Waals surface area contributed by atoms with Crippen molar-refractivity contribution in [1.29, 1.82) is 0 Å². The Kier molecular flexibility index (Phi) is 5.55. The molecule has 2 N–H and O–H groups in total. The number of hydrogen-bond donors (Lipinski definition) is 2. The SMILES string of the molecule is CC(C)N(CCO)CCc1c2c(nc3ccccc13)-c1cc3c(c(=O)n1C2)COC(=O)[C@@]3(C)O. The first kappa shape index (κ1) is 22.7. The van der Waals surface area contributed by atoms with Crippen molar-refractivity contribution in [1.82, 2.24) is 14.5 Å². The van der Waals surface area contributed by atoms with Crippen molar-refractivity contribution >= 4 is 16.9 Å². The Balaban J connectivity index is 1.67. The van der Waals surface area contributed by atoms with Crippen molar-refractivity contribution in [3.8, 4) is 11.4 Å². The molecule has 0 radical (unpaired) electrons. The van der Waals surface area contributed by atoms with Gasteiger partial charge in [0.05, 0.1) is 35.6 Å². The molecule has 2 aliphatic rings. The molecule has 8 nitrogen and oxygen atoms in total. The van der Waals surface area contributed by atoms with E-state index in [2.05, 4.69) is 24.8 Å². The third-order valence-electron chi connectivity index (χ3n) is 7.11. The number of hydrogen-bond acceptors (Lipinski definition) is 7. The first-order valence-corrected chi connectivity index (χ1v) is 11.7. The molecule has 0 bridgehead atoms. The highest BCUT2D eigenvalue weighted by Gasteiger charge is 2.43. The Morgan fingerprint density at radius 1 is 1.21 bits per heavy atom. The Hall–Kier alpha value is -3.07. The number of carbonyl (C=O) groups excluding carboxylic acids is 1. The van der Waals surface area contributed by atoms with E-state index < -0.39 is 11.6 Å². The van der Waals surface area contributed by atoms with Crippen LogP contribution < -0.4 is 5.56 Å². The Morgan fingerprint density at radius 3 is 2.71 bits per heavy atom. The maximum Gasteiger partial charge on any atom is 0.342 e. The molecule has 4 heterocycles. The molecule has 0 spiro atoms. The topological polar surface area (TPSA) is 105 Å². The molecule has 0 saturated heterocycles. The van der Waals surface area contributed by atoms with Crippen LogP contribution in [0.25, 0.3) is 22.3 Å². The summed E-state index contributed by atoms with van der Waals surface area (Å²) in [4.78, 5) is 32.7. The van der Waals surface area contributed by atoms with Gasteiger partial charge in [-0.05, 0) is 44.9 Å². The molecule has 2 aromatic heterocycles. The van der Waals surface area contributed by atoms with E-state index >= 15 is 0 Å². The number of aromatic nitrogens is 2. The van der Waals surface area contributed by atoms with E-state index in [1.165, 1.54) is 6.92 Å². The van der Waals surface area contributed by atoms with Crippen LogP contribution in [-0.4, -0.2) is 56.4 Å². The molecular weight excluding hydrogens is 434 g/mol. The molecule has 0 saturated carbocycles. The molecule has 8 heteroatoms. The maximum atomic E-state index is 13.4. The first-order valence-electron chi connectivity index (χ1n) is 11.7. The van der Waals surface area contributed by atoms with Gasteiger partial charge in [-0.15, -0.1) is 0 Å². The van der Waals surface area contributed by atoms with E-state index in [-0.39, 0.29) is 18.8 Å². The van der Waals surface area contributed by atoms with Crippen LogP contribution >= 0.6 is 0 Å². The molecule has 34 heavy (non-hydrogen) atoms. The van der Waals surface area contributed by atoms with E-state index in [0.717, 1.165) is 35.0 Å². The normalized spacial score (nSPS) is 18.9. The van der Waals surface area contributed by atoms with Gasteiger partial charge in [0, 0.05) is 35.6 Å². The highest BCUT2D eigenvalue weighted by atomic mass is 16.6. The minimum absolute atomic E-state index is 0.0977. The quantitative estimate of drug-likeness (QED) is 0.421. The van der Waals surface area contributed by atoms with Gasteiger partial charge in [-0.1, -0.05) is 18.2 Å². The Morgan fingerprint density at radius 2 is 1.97 bits per heavy atom. The van der Waals surface area contributed by atoms with Crippen LogP contribution in [0.15, 0.2) is 35.1 Å². The van der Waals surface area contributed by atoms with Crippen LogP contribution in [0.3, 0.4) is 0 Å². The van der Waals surface area contributed by atoms with Gasteiger partial charge in [0.1, 0.15) is 6.61 Å². The molecular formula is C26H29N3O5. The predicted octanol–water partition coefficient (Wildman–Crippen LogP) is 1.93. The molecule has 3 aromatic rings. The fraction of sp³-hybridized carbons (Fsp3) is 0.423. The molecule has 178 valence electrons. The summed E-state index contributed by atoms with van der Waals surface area (Å²) in [6.07, 6.45) is 0.741. The summed E-state index contributed by atoms with van der Waals surface area (Å²) in [5.74, 6) is -0.757. The number of ether oxygens (including phenoxy) is 1. The Labute approximate surface area is 197 Å². The van der Waals surface area contributed by atoms with Gasteiger partial charge in [0.15, 0.2) is 5.60 Å². The van der Waals surface area contributed by atoms with Crippen LogP contribution in [0.5, 0.6) is 0 Å². The largest absolute Gasteiger partial charge is 0.458 e. The number of aliphatic hydroxyl groups excluding tert-OH is 1. The summed E-state index contributed by atoms with van der Waals surface area (Å²) in [6.45, 7) is 7.27. The molecule has 5 rings (SSSR count). The van der Waals surface area contributed by atoms with Gasteiger partial charge in [0.2, 0.25) is 0 Å². The number of esters is 1. The van der Waals surface area contributed by atoms with Gasteiger partial charge in [-0.25, -0.2) is 9.78 Å². The number of fused-ring (bicyclic) bond motifs is 5. The van der Waals surface area contributed by atoms with Crippen LogP contribution in [0, 0.1) is 0 Å². The zero-order valence-electron chi connectivity index (χ0n) is 19.7. The van der Waals surface area contributed by atoms with Gasteiger partial charge in [0.25, 0.3) is 5.56 Å². The summed E-state index contributed by atoms with van der Waals surface area (Å²) in [5.41, 5.74) is 2.71. The van der Waals surface area contributed by atoms with E-state index in [1.54, 1.807) is 10.6 Å². The lowest BCUT2D eigenvalue weighted by atomic mass is 9.89. The van der Waals surface area contributed by atoms with Crippen molar-refractivity contribution in [2.75, 3.05) is 19.7 Å². The van der Waals surface area contributed by atoms with E-state index in [1.807, 2.05) is 18.2 Å². The van der Waals surface area contributed by atoms with Crippen molar-refractivity contribution in [2.24, 2.45) is 0 Å². The van der Waals surface area contributed by atoms with E-state index in [9.17, 15) is 19.8 Å². The lowest BCUT2D eigenvalue weighted by molar-refractivity contribution is -0.169. The second kappa shape index (κ2) is 8.30. The molecule has 0 unspecified atom stereocenters. The number of nitrogens with zero attached hydrogens (tertiary/aromatic N) is 3. The highest BCUT2D eigenvalue weighted by Crippen LogP contribution is 2.39.